The van der Waals surface area contributed by atoms with Gasteiger partial charge in [0.1, 0.15) is 36.3 Å². The second kappa shape index (κ2) is 15.8. The SMILES string of the molecule is CCCC(=O)NC1C(=O)NC(Cc2ccccc2)C(=O)NC(C)C(=O)N2CCCC2C(=O)NC(Cc2c[nH]c3ccccc23)C(=O)OC1C. The van der Waals surface area contributed by atoms with Gasteiger partial charge in [-0.25, -0.2) is 4.79 Å². The zero-order chi connectivity index (χ0) is 35.1. The number of rotatable bonds is 7. The van der Waals surface area contributed by atoms with Crippen molar-refractivity contribution < 1.29 is 33.5 Å². The molecule has 0 saturated carbocycles. The summed E-state index contributed by atoms with van der Waals surface area (Å²) in [6.07, 6.45) is 2.29. The van der Waals surface area contributed by atoms with E-state index in [2.05, 4.69) is 26.3 Å². The molecule has 0 aliphatic carbocycles. The van der Waals surface area contributed by atoms with E-state index in [0.29, 0.717) is 25.8 Å². The highest BCUT2D eigenvalue weighted by Gasteiger charge is 2.40. The molecule has 1 aromatic heterocycles. The van der Waals surface area contributed by atoms with Crippen LogP contribution in [-0.4, -0.2) is 88.2 Å². The summed E-state index contributed by atoms with van der Waals surface area (Å²) in [5.41, 5.74) is 2.35. The molecule has 3 heterocycles. The number of carbonyl (C=O) groups is 6. The molecule has 13 nitrogen and oxygen atoms in total. The Bertz CT molecular complexity index is 1690. The lowest BCUT2D eigenvalue weighted by atomic mass is 10.0. The quantitative estimate of drug-likeness (QED) is 0.237. The normalized spacial score (nSPS) is 25.6. The molecule has 5 rings (SSSR count). The van der Waals surface area contributed by atoms with Crippen LogP contribution in [0.15, 0.2) is 60.8 Å². The highest BCUT2D eigenvalue weighted by Crippen LogP contribution is 2.22. The number of aromatic amines is 1. The molecule has 5 N–H and O–H groups in total. The Morgan fingerprint density at radius 2 is 1.59 bits per heavy atom. The highest BCUT2D eigenvalue weighted by atomic mass is 16.5. The predicted octanol–water partition coefficient (Wildman–Crippen LogP) is 1.65. The lowest BCUT2D eigenvalue weighted by molar-refractivity contribution is -0.156. The second-order valence-electron chi connectivity index (χ2n) is 12.7. The Labute approximate surface area is 284 Å². The van der Waals surface area contributed by atoms with Crippen LogP contribution in [0.25, 0.3) is 10.9 Å². The van der Waals surface area contributed by atoms with Crippen LogP contribution in [0.4, 0.5) is 0 Å². The van der Waals surface area contributed by atoms with Crippen LogP contribution in [0.5, 0.6) is 0 Å². The van der Waals surface area contributed by atoms with Crippen molar-refractivity contribution in [3.05, 3.63) is 71.9 Å². The Kier molecular flexibility index (Phi) is 11.3. The summed E-state index contributed by atoms with van der Waals surface area (Å²) >= 11 is 0. The molecule has 2 aliphatic rings. The van der Waals surface area contributed by atoms with Crippen LogP contribution < -0.4 is 21.3 Å². The maximum Gasteiger partial charge on any atom is 0.329 e. The number of H-pyrrole nitrogens is 1. The summed E-state index contributed by atoms with van der Waals surface area (Å²) in [5.74, 6) is -3.61. The third kappa shape index (κ3) is 8.45. The number of benzene rings is 2. The fourth-order valence-corrected chi connectivity index (χ4v) is 6.43. The van der Waals surface area contributed by atoms with E-state index < -0.39 is 71.8 Å². The molecule has 5 amide bonds. The number of amides is 5. The molecule has 13 heteroatoms. The smallest absolute Gasteiger partial charge is 0.329 e. The molecule has 3 aromatic rings. The van der Waals surface area contributed by atoms with Gasteiger partial charge in [-0.3, -0.25) is 24.0 Å². The van der Waals surface area contributed by atoms with Gasteiger partial charge in [-0.05, 0) is 50.3 Å². The van der Waals surface area contributed by atoms with E-state index in [-0.39, 0.29) is 19.3 Å². The average molecular weight is 673 g/mol. The number of carbonyl (C=O) groups excluding carboxylic acids is 6. The molecule has 0 radical (unpaired) electrons. The molecule has 6 unspecified atom stereocenters. The first-order chi connectivity index (χ1) is 23.5. The minimum absolute atomic E-state index is 0.0621. The van der Waals surface area contributed by atoms with E-state index in [4.69, 9.17) is 4.74 Å². The number of esters is 1. The van der Waals surface area contributed by atoms with Crippen LogP contribution in [0, 0.1) is 0 Å². The van der Waals surface area contributed by atoms with Gasteiger partial charge in [0.05, 0.1) is 0 Å². The number of fused-ring (bicyclic) bond motifs is 2. The minimum Gasteiger partial charge on any atom is -0.458 e. The van der Waals surface area contributed by atoms with Crippen molar-refractivity contribution >= 4 is 46.4 Å². The maximum absolute atomic E-state index is 13.9. The summed E-state index contributed by atoms with van der Waals surface area (Å²) in [4.78, 5) is 86.3. The number of nitrogens with zero attached hydrogens (tertiary/aromatic N) is 1. The van der Waals surface area contributed by atoms with Gasteiger partial charge in [-0.2, -0.15) is 0 Å². The van der Waals surface area contributed by atoms with Crippen molar-refractivity contribution in [2.45, 2.75) is 95.6 Å². The number of nitrogens with one attached hydrogen (secondary N) is 5. The minimum atomic E-state index is -1.37. The lowest BCUT2D eigenvalue weighted by Gasteiger charge is -2.31. The number of hydrogen-bond acceptors (Lipinski definition) is 7. The van der Waals surface area contributed by atoms with E-state index in [9.17, 15) is 28.8 Å². The number of para-hydroxylation sites is 1. The zero-order valence-electron chi connectivity index (χ0n) is 28.0. The predicted molar refractivity (Wildman–Crippen MR) is 181 cm³/mol. The third-order valence-electron chi connectivity index (χ3n) is 9.03. The van der Waals surface area contributed by atoms with Crippen LogP contribution in [0.3, 0.4) is 0 Å². The van der Waals surface area contributed by atoms with Gasteiger partial charge in [0.2, 0.25) is 29.5 Å². The summed E-state index contributed by atoms with van der Waals surface area (Å²) < 4.78 is 5.84. The third-order valence-corrected chi connectivity index (χ3v) is 9.03. The Morgan fingerprint density at radius 1 is 0.878 bits per heavy atom. The number of aromatic nitrogens is 1. The van der Waals surface area contributed by atoms with Gasteiger partial charge in [-0.15, -0.1) is 0 Å². The lowest BCUT2D eigenvalue weighted by Crippen LogP contribution is -2.61. The van der Waals surface area contributed by atoms with Gasteiger partial charge in [-0.1, -0.05) is 55.5 Å². The molecule has 0 bridgehead atoms. The molecule has 2 aromatic carbocycles. The number of cyclic esters (lactones) is 1. The largest absolute Gasteiger partial charge is 0.458 e. The Morgan fingerprint density at radius 3 is 2.35 bits per heavy atom. The van der Waals surface area contributed by atoms with Gasteiger partial charge in [0, 0.05) is 42.9 Å². The summed E-state index contributed by atoms with van der Waals surface area (Å²) in [6, 6.07) is 11.0. The van der Waals surface area contributed by atoms with Gasteiger partial charge in [0.25, 0.3) is 0 Å². The van der Waals surface area contributed by atoms with E-state index in [1.807, 2.05) is 37.3 Å². The van der Waals surface area contributed by atoms with Crippen LogP contribution >= 0.6 is 0 Å². The molecular formula is C36H44N6O7. The van der Waals surface area contributed by atoms with Gasteiger partial charge >= 0.3 is 5.97 Å². The molecule has 6 atom stereocenters. The first kappa shape index (κ1) is 35.1. The highest BCUT2D eigenvalue weighted by molar-refractivity contribution is 5.97. The molecular weight excluding hydrogens is 628 g/mol. The van der Waals surface area contributed by atoms with E-state index >= 15 is 0 Å². The average Bonchev–Trinajstić information content (AvgIpc) is 3.74. The van der Waals surface area contributed by atoms with E-state index in [0.717, 1.165) is 22.0 Å². The fraction of sp³-hybridized carbons (Fsp3) is 0.444. The zero-order valence-corrected chi connectivity index (χ0v) is 28.0. The molecule has 2 aliphatic heterocycles. The summed E-state index contributed by atoms with van der Waals surface area (Å²) in [6.45, 7) is 5.13. The Hall–Kier alpha value is -5.20. The van der Waals surface area contributed by atoms with Crippen molar-refractivity contribution in [1.82, 2.24) is 31.2 Å². The van der Waals surface area contributed by atoms with Crippen molar-refractivity contribution in [2.24, 2.45) is 0 Å². The molecule has 260 valence electrons. The molecule has 2 saturated heterocycles. The molecule has 0 spiro atoms. The fourth-order valence-electron chi connectivity index (χ4n) is 6.43. The van der Waals surface area contributed by atoms with E-state index in [1.54, 1.807) is 30.5 Å². The molecule has 2 fully saturated rings. The van der Waals surface area contributed by atoms with Crippen molar-refractivity contribution in [2.75, 3.05) is 6.54 Å². The van der Waals surface area contributed by atoms with Crippen LogP contribution in [0.1, 0.15) is 57.6 Å². The summed E-state index contributed by atoms with van der Waals surface area (Å²) in [5, 5.41) is 11.8. The standard InChI is InChI=1S/C36H44N6O7/c1-4-11-30(43)41-31-22(3)49-36(48)28(19-24-20-37-26-15-9-8-14-25(24)26)40-33(45)29-16-10-17-42(29)35(47)21(2)38-32(44)27(39-34(31)46)18-23-12-6-5-7-13-23/h5-9,12-15,20-22,27-29,31,37H,4,10-11,16-19H2,1-3H3,(H,38,44)(H,39,46)(H,40,45)(H,41,43). The van der Waals surface area contributed by atoms with E-state index in [1.165, 1.54) is 18.7 Å². The van der Waals surface area contributed by atoms with Crippen molar-refractivity contribution in [3.63, 3.8) is 0 Å². The molecule has 49 heavy (non-hydrogen) atoms. The van der Waals surface area contributed by atoms with Gasteiger partial charge < -0.3 is 35.9 Å². The first-order valence-electron chi connectivity index (χ1n) is 16.9. The van der Waals surface area contributed by atoms with Crippen LogP contribution in [-0.2, 0) is 46.3 Å². The monoisotopic (exact) mass is 672 g/mol. The van der Waals surface area contributed by atoms with Crippen molar-refractivity contribution in [1.29, 1.82) is 0 Å². The number of ether oxygens (including phenoxy) is 1. The van der Waals surface area contributed by atoms with Crippen LogP contribution in [0.2, 0.25) is 0 Å². The first-order valence-corrected chi connectivity index (χ1v) is 16.9. The summed E-state index contributed by atoms with van der Waals surface area (Å²) in [7, 11) is 0. The topological polar surface area (TPSA) is 179 Å². The number of hydrogen-bond donors (Lipinski definition) is 5. The van der Waals surface area contributed by atoms with Gasteiger partial charge in [0.15, 0.2) is 0 Å². The van der Waals surface area contributed by atoms with Crippen molar-refractivity contribution in [3.8, 4) is 0 Å². The second-order valence-corrected chi connectivity index (χ2v) is 12.7. The Balaban J connectivity index is 1.51. The maximum atomic E-state index is 13.9.